The molecule has 3 nitrogen and oxygen atoms in total. The summed E-state index contributed by atoms with van der Waals surface area (Å²) in [7, 11) is 0. The van der Waals surface area contributed by atoms with Gasteiger partial charge in [0.2, 0.25) is 0 Å². The van der Waals surface area contributed by atoms with Crippen molar-refractivity contribution in [1.29, 1.82) is 0 Å². The largest absolute Gasteiger partial charge is 0.309 e. The highest BCUT2D eigenvalue weighted by Gasteiger charge is 2.21. The van der Waals surface area contributed by atoms with Crippen LogP contribution in [0.2, 0.25) is 0 Å². The average molecular weight is 826 g/mol. The third-order valence-corrected chi connectivity index (χ3v) is 13.1. The van der Waals surface area contributed by atoms with Gasteiger partial charge in [-0.25, -0.2) is 9.97 Å². The molecule has 65 heavy (non-hydrogen) atoms. The fourth-order valence-electron chi connectivity index (χ4n) is 9.97. The van der Waals surface area contributed by atoms with Gasteiger partial charge in [-0.1, -0.05) is 182 Å². The van der Waals surface area contributed by atoms with Crippen molar-refractivity contribution in [3.63, 3.8) is 0 Å². The first-order chi connectivity index (χ1) is 32.2. The molecule has 2 aromatic heterocycles. The van der Waals surface area contributed by atoms with E-state index in [1.165, 1.54) is 43.4 Å². The first-order valence-corrected chi connectivity index (χ1v) is 22.2. The van der Waals surface area contributed by atoms with Gasteiger partial charge in [-0.3, -0.25) is 0 Å². The summed E-state index contributed by atoms with van der Waals surface area (Å²) in [5.74, 6) is 0.683. The molecule has 0 aliphatic rings. The molecule has 0 fully saturated rings. The second kappa shape index (κ2) is 15.0. The zero-order chi connectivity index (χ0) is 42.8. The molecular weight excluding hydrogens is 787 g/mol. The zero-order valence-corrected chi connectivity index (χ0v) is 35.4. The van der Waals surface area contributed by atoms with E-state index in [4.69, 9.17) is 9.97 Å². The fourth-order valence-corrected chi connectivity index (χ4v) is 9.97. The summed E-state index contributed by atoms with van der Waals surface area (Å²) >= 11 is 0. The van der Waals surface area contributed by atoms with E-state index in [2.05, 4.69) is 241 Å². The molecule has 13 aromatic rings. The number of hydrogen-bond acceptors (Lipinski definition) is 2. The van der Waals surface area contributed by atoms with Crippen LogP contribution in [0.25, 0.3) is 127 Å². The van der Waals surface area contributed by atoms with E-state index in [0.717, 1.165) is 77.5 Å². The second-order valence-electron chi connectivity index (χ2n) is 17.0. The molecule has 0 saturated carbocycles. The van der Waals surface area contributed by atoms with Gasteiger partial charge in [0.1, 0.15) is 0 Å². The Kier molecular flexibility index (Phi) is 8.53. The molecule has 0 spiro atoms. The molecule has 0 radical (unpaired) electrons. The van der Waals surface area contributed by atoms with E-state index in [1.54, 1.807) is 0 Å². The molecular formula is C62H39N3. The maximum atomic E-state index is 5.65. The van der Waals surface area contributed by atoms with Crippen molar-refractivity contribution >= 4 is 65.0 Å². The molecule has 0 N–H and O–H groups in total. The van der Waals surface area contributed by atoms with Gasteiger partial charge in [0.25, 0.3) is 0 Å². The minimum Gasteiger partial charge on any atom is -0.309 e. The summed E-state index contributed by atoms with van der Waals surface area (Å²) in [6, 6.07) is 85.4. The number of rotatable bonds is 6. The minimum absolute atomic E-state index is 0.683. The summed E-state index contributed by atoms with van der Waals surface area (Å²) in [5.41, 5.74) is 14.1. The van der Waals surface area contributed by atoms with E-state index in [1.807, 2.05) is 0 Å². The molecule has 0 unspecified atom stereocenters. The summed E-state index contributed by atoms with van der Waals surface area (Å²) in [5, 5.41) is 10.4. The normalized spacial score (nSPS) is 11.7. The van der Waals surface area contributed by atoms with E-state index in [-0.39, 0.29) is 0 Å². The monoisotopic (exact) mass is 825 g/mol. The predicted molar refractivity (Wildman–Crippen MR) is 274 cm³/mol. The molecule has 0 saturated heterocycles. The topological polar surface area (TPSA) is 30.7 Å². The van der Waals surface area contributed by atoms with Gasteiger partial charge in [0.15, 0.2) is 5.82 Å². The van der Waals surface area contributed by atoms with Gasteiger partial charge in [0.05, 0.1) is 22.2 Å². The minimum atomic E-state index is 0.683. The second-order valence-corrected chi connectivity index (χ2v) is 17.0. The molecule has 0 atom stereocenters. The molecule has 302 valence electrons. The van der Waals surface area contributed by atoms with Crippen molar-refractivity contribution in [1.82, 2.24) is 14.5 Å². The smallest absolute Gasteiger partial charge is 0.161 e. The highest BCUT2D eigenvalue weighted by Crippen LogP contribution is 2.42. The Bertz CT molecular complexity index is 3980. The summed E-state index contributed by atoms with van der Waals surface area (Å²) in [6.45, 7) is 0. The van der Waals surface area contributed by atoms with Gasteiger partial charge < -0.3 is 4.57 Å². The lowest BCUT2D eigenvalue weighted by Gasteiger charge is -2.17. The maximum Gasteiger partial charge on any atom is 0.161 e. The van der Waals surface area contributed by atoms with E-state index in [9.17, 15) is 0 Å². The van der Waals surface area contributed by atoms with Crippen molar-refractivity contribution in [2.45, 2.75) is 0 Å². The average Bonchev–Trinajstić information content (AvgIpc) is 3.69. The van der Waals surface area contributed by atoms with Crippen LogP contribution in [-0.4, -0.2) is 14.5 Å². The standard InChI is InChI=1S/C62H39N3/c1-4-16-40(17-5-1)47-30-31-59-54(35-47)55-34-45-24-12-13-25-46(45)36-60(55)65(59)50-33-48-26-14-15-27-51(48)56(37-50)62-63-58-39-53(43-21-8-3-9-22-43)52(42-19-6-2-7-20-42)38-57(58)61(64-62)49-29-28-41-18-10-11-23-44(41)32-49/h1-39H. The van der Waals surface area contributed by atoms with Crippen LogP contribution in [0.4, 0.5) is 0 Å². The molecule has 0 aliphatic heterocycles. The quantitative estimate of drug-likeness (QED) is 0.167. The highest BCUT2D eigenvalue weighted by molar-refractivity contribution is 6.15. The Balaban J connectivity index is 1.11. The Hall–Kier alpha value is -8.66. The van der Waals surface area contributed by atoms with Gasteiger partial charge in [-0.2, -0.15) is 0 Å². The van der Waals surface area contributed by atoms with Gasteiger partial charge in [-0.05, 0) is 120 Å². The fraction of sp³-hybridized carbons (Fsp3) is 0. The molecule has 13 rings (SSSR count). The lowest BCUT2D eigenvalue weighted by atomic mass is 9.91. The molecule has 0 aliphatic carbocycles. The van der Waals surface area contributed by atoms with Crippen LogP contribution in [0.15, 0.2) is 237 Å². The number of benzene rings is 11. The Labute approximate surface area is 376 Å². The molecule has 3 heteroatoms. The number of aromatic nitrogens is 3. The van der Waals surface area contributed by atoms with Crippen molar-refractivity contribution in [2.24, 2.45) is 0 Å². The van der Waals surface area contributed by atoms with Crippen LogP contribution < -0.4 is 0 Å². The number of fused-ring (bicyclic) bond motifs is 7. The SMILES string of the molecule is c1ccc(-c2ccc3c(c2)c2cc4ccccc4cc2n3-c2cc(-c3nc(-c4ccc5ccccc5c4)c4cc(-c5ccccc5)c(-c5ccccc5)cc4n3)c3ccccc3c2)cc1. The molecule has 2 heterocycles. The lowest BCUT2D eigenvalue weighted by molar-refractivity contribution is 1.18. The van der Waals surface area contributed by atoms with E-state index >= 15 is 0 Å². The number of hydrogen-bond donors (Lipinski definition) is 0. The summed E-state index contributed by atoms with van der Waals surface area (Å²) in [4.78, 5) is 11.2. The van der Waals surface area contributed by atoms with E-state index < -0.39 is 0 Å². The maximum absolute atomic E-state index is 5.65. The highest BCUT2D eigenvalue weighted by atomic mass is 15.0. The Morgan fingerprint density at radius 3 is 1.57 bits per heavy atom. The molecule has 0 bridgehead atoms. The van der Waals surface area contributed by atoms with Crippen LogP contribution >= 0.6 is 0 Å². The van der Waals surface area contributed by atoms with Gasteiger partial charge in [-0.15, -0.1) is 0 Å². The zero-order valence-electron chi connectivity index (χ0n) is 35.4. The van der Waals surface area contributed by atoms with Gasteiger partial charge in [0, 0.05) is 33.0 Å². The third-order valence-electron chi connectivity index (χ3n) is 13.1. The van der Waals surface area contributed by atoms with Crippen molar-refractivity contribution in [3.05, 3.63) is 237 Å². The van der Waals surface area contributed by atoms with Crippen molar-refractivity contribution in [3.8, 4) is 61.7 Å². The lowest BCUT2D eigenvalue weighted by Crippen LogP contribution is -2.00. The van der Waals surface area contributed by atoms with Crippen molar-refractivity contribution in [2.75, 3.05) is 0 Å². The van der Waals surface area contributed by atoms with Gasteiger partial charge >= 0.3 is 0 Å². The van der Waals surface area contributed by atoms with Crippen LogP contribution in [0.3, 0.4) is 0 Å². The Morgan fingerprint density at radius 1 is 0.277 bits per heavy atom. The van der Waals surface area contributed by atoms with Crippen molar-refractivity contribution < 1.29 is 0 Å². The molecule has 11 aromatic carbocycles. The van der Waals surface area contributed by atoms with Crippen LogP contribution in [-0.2, 0) is 0 Å². The number of nitrogens with zero attached hydrogens (tertiary/aromatic N) is 3. The van der Waals surface area contributed by atoms with E-state index in [0.29, 0.717) is 5.82 Å². The predicted octanol–water partition coefficient (Wildman–Crippen LogP) is 16.5. The van der Waals surface area contributed by atoms with Crippen LogP contribution in [0, 0.1) is 0 Å². The van der Waals surface area contributed by atoms with Crippen LogP contribution in [0.5, 0.6) is 0 Å². The molecule has 0 amide bonds. The first kappa shape index (κ1) is 36.9. The third kappa shape index (κ3) is 6.28. The van der Waals surface area contributed by atoms with Crippen LogP contribution in [0.1, 0.15) is 0 Å². The summed E-state index contributed by atoms with van der Waals surface area (Å²) < 4.78 is 2.44. The first-order valence-electron chi connectivity index (χ1n) is 22.2. The summed E-state index contributed by atoms with van der Waals surface area (Å²) in [6.07, 6.45) is 0. The Morgan fingerprint density at radius 2 is 0.846 bits per heavy atom.